The van der Waals surface area contributed by atoms with Crippen LogP contribution in [0, 0.1) is 0 Å². The summed E-state index contributed by atoms with van der Waals surface area (Å²) in [7, 11) is 0. The molecule has 0 radical (unpaired) electrons. The average molecular weight is 262 g/mol. The van der Waals surface area contributed by atoms with Gasteiger partial charge in [-0.15, -0.1) is 11.3 Å². The van der Waals surface area contributed by atoms with Crippen molar-refractivity contribution in [2.45, 2.75) is 26.3 Å². The van der Waals surface area contributed by atoms with Crippen molar-refractivity contribution in [3.8, 4) is 0 Å². The zero-order chi connectivity index (χ0) is 9.84. The van der Waals surface area contributed by atoms with Crippen LogP contribution in [0.25, 0.3) is 0 Å². The second kappa shape index (κ2) is 4.77. The standard InChI is InChI=1S/C9H12BrNOS/c1-3-6(2)11-9(12)8-4-7(10)5-13-8/h4-6H,3H2,1-2H3,(H,11,12). The summed E-state index contributed by atoms with van der Waals surface area (Å²) in [4.78, 5) is 12.3. The molecule has 1 atom stereocenters. The number of amides is 1. The molecule has 1 unspecified atom stereocenters. The van der Waals surface area contributed by atoms with Gasteiger partial charge in [0.1, 0.15) is 0 Å². The fraction of sp³-hybridized carbons (Fsp3) is 0.444. The van der Waals surface area contributed by atoms with Gasteiger partial charge in [-0.3, -0.25) is 4.79 Å². The second-order valence-corrected chi connectivity index (χ2v) is 4.74. The Morgan fingerprint density at radius 2 is 2.46 bits per heavy atom. The van der Waals surface area contributed by atoms with Crippen LogP contribution in [-0.2, 0) is 0 Å². The minimum atomic E-state index is 0.0186. The molecule has 0 aliphatic heterocycles. The van der Waals surface area contributed by atoms with Gasteiger partial charge >= 0.3 is 0 Å². The SMILES string of the molecule is CCC(C)NC(=O)c1cc(Br)cs1. The van der Waals surface area contributed by atoms with Crippen LogP contribution in [0.3, 0.4) is 0 Å². The Labute approximate surface area is 90.5 Å². The van der Waals surface area contributed by atoms with Gasteiger partial charge in [0.05, 0.1) is 4.88 Å². The normalized spacial score (nSPS) is 12.5. The minimum Gasteiger partial charge on any atom is -0.349 e. The Morgan fingerprint density at radius 1 is 1.77 bits per heavy atom. The summed E-state index contributed by atoms with van der Waals surface area (Å²) >= 11 is 4.77. The topological polar surface area (TPSA) is 29.1 Å². The van der Waals surface area contributed by atoms with E-state index in [9.17, 15) is 4.79 Å². The Kier molecular flexibility index (Phi) is 3.93. The summed E-state index contributed by atoms with van der Waals surface area (Å²) in [5.41, 5.74) is 0. The molecule has 1 aromatic heterocycles. The number of hydrogen-bond donors (Lipinski definition) is 1. The van der Waals surface area contributed by atoms with Gasteiger partial charge in [-0.1, -0.05) is 6.92 Å². The van der Waals surface area contributed by atoms with Crippen LogP contribution >= 0.6 is 27.3 Å². The molecular formula is C9H12BrNOS. The molecule has 2 nitrogen and oxygen atoms in total. The number of hydrogen-bond acceptors (Lipinski definition) is 2. The summed E-state index contributed by atoms with van der Waals surface area (Å²) < 4.78 is 0.965. The highest BCUT2D eigenvalue weighted by Crippen LogP contribution is 2.19. The van der Waals surface area contributed by atoms with Gasteiger partial charge in [-0.05, 0) is 35.3 Å². The summed E-state index contributed by atoms with van der Waals surface area (Å²) in [5, 5.41) is 4.82. The largest absolute Gasteiger partial charge is 0.349 e. The summed E-state index contributed by atoms with van der Waals surface area (Å²) in [5.74, 6) is 0.0186. The van der Waals surface area contributed by atoms with Crippen LogP contribution < -0.4 is 5.32 Å². The molecule has 0 aliphatic rings. The maximum absolute atomic E-state index is 11.5. The lowest BCUT2D eigenvalue weighted by Gasteiger charge is -2.09. The lowest BCUT2D eigenvalue weighted by Crippen LogP contribution is -2.31. The van der Waals surface area contributed by atoms with E-state index < -0.39 is 0 Å². The zero-order valence-corrected chi connectivity index (χ0v) is 10.0. The van der Waals surface area contributed by atoms with Crippen molar-refractivity contribution < 1.29 is 4.79 Å². The Bertz CT molecular complexity index is 298. The predicted molar refractivity (Wildman–Crippen MR) is 59.2 cm³/mol. The molecule has 4 heteroatoms. The first-order valence-corrected chi connectivity index (χ1v) is 5.85. The molecule has 0 saturated heterocycles. The van der Waals surface area contributed by atoms with Crippen LogP contribution in [0.5, 0.6) is 0 Å². The van der Waals surface area contributed by atoms with Crippen LogP contribution in [0.2, 0.25) is 0 Å². The molecule has 0 aromatic carbocycles. The molecular weight excluding hydrogens is 250 g/mol. The molecule has 1 aromatic rings. The number of carbonyl (C=O) groups excluding carboxylic acids is 1. The molecule has 0 aliphatic carbocycles. The van der Waals surface area contributed by atoms with Crippen LogP contribution in [0.1, 0.15) is 29.9 Å². The molecule has 72 valence electrons. The van der Waals surface area contributed by atoms with E-state index in [1.165, 1.54) is 11.3 Å². The first-order valence-electron chi connectivity index (χ1n) is 4.18. The van der Waals surface area contributed by atoms with Crippen molar-refractivity contribution in [2.24, 2.45) is 0 Å². The number of thiophene rings is 1. The molecule has 1 N–H and O–H groups in total. The monoisotopic (exact) mass is 261 g/mol. The first kappa shape index (κ1) is 10.7. The Balaban J connectivity index is 2.58. The van der Waals surface area contributed by atoms with E-state index in [1.54, 1.807) is 0 Å². The third-order valence-corrected chi connectivity index (χ3v) is 3.47. The highest BCUT2D eigenvalue weighted by Gasteiger charge is 2.09. The molecule has 1 heterocycles. The van der Waals surface area contributed by atoms with Crippen molar-refractivity contribution in [2.75, 3.05) is 0 Å². The van der Waals surface area contributed by atoms with Gasteiger partial charge in [-0.25, -0.2) is 0 Å². The van der Waals surface area contributed by atoms with Gasteiger partial charge in [0, 0.05) is 15.9 Å². The van der Waals surface area contributed by atoms with E-state index in [-0.39, 0.29) is 11.9 Å². The van der Waals surface area contributed by atoms with Crippen molar-refractivity contribution in [1.29, 1.82) is 0 Å². The fourth-order valence-electron chi connectivity index (χ4n) is 0.829. The fourth-order valence-corrected chi connectivity index (χ4v) is 2.16. The van der Waals surface area contributed by atoms with Gasteiger partial charge in [0.25, 0.3) is 5.91 Å². The van der Waals surface area contributed by atoms with E-state index in [4.69, 9.17) is 0 Å². The number of carbonyl (C=O) groups is 1. The van der Waals surface area contributed by atoms with Gasteiger partial charge in [-0.2, -0.15) is 0 Å². The molecule has 0 fully saturated rings. The Morgan fingerprint density at radius 3 is 2.92 bits per heavy atom. The first-order chi connectivity index (χ1) is 6.13. The third kappa shape index (κ3) is 3.12. The lowest BCUT2D eigenvalue weighted by atomic mass is 10.2. The van der Waals surface area contributed by atoms with E-state index in [0.717, 1.165) is 15.8 Å². The quantitative estimate of drug-likeness (QED) is 0.891. The number of halogens is 1. The Hall–Kier alpha value is -0.350. The molecule has 13 heavy (non-hydrogen) atoms. The van der Waals surface area contributed by atoms with Gasteiger partial charge < -0.3 is 5.32 Å². The van der Waals surface area contributed by atoms with Crippen molar-refractivity contribution in [3.63, 3.8) is 0 Å². The number of rotatable bonds is 3. The van der Waals surface area contributed by atoms with Crippen LogP contribution in [0.15, 0.2) is 15.9 Å². The average Bonchev–Trinajstić information content (AvgIpc) is 2.51. The molecule has 0 saturated carbocycles. The summed E-state index contributed by atoms with van der Waals surface area (Å²) in [6.45, 7) is 4.05. The van der Waals surface area contributed by atoms with Crippen molar-refractivity contribution >= 4 is 33.2 Å². The van der Waals surface area contributed by atoms with Crippen molar-refractivity contribution in [3.05, 3.63) is 20.8 Å². The molecule has 1 rings (SSSR count). The van der Waals surface area contributed by atoms with Crippen molar-refractivity contribution in [1.82, 2.24) is 5.32 Å². The van der Waals surface area contributed by atoms with E-state index in [1.807, 2.05) is 18.4 Å². The predicted octanol–water partition coefficient (Wildman–Crippen LogP) is 3.04. The van der Waals surface area contributed by atoms with Gasteiger partial charge in [0.15, 0.2) is 0 Å². The maximum atomic E-state index is 11.5. The number of nitrogens with one attached hydrogen (secondary N) is 1. The van der Waals surface area contributed by atoms with E-state index in [0.29, 0.717) is 0 Å². The highest BCUT2D eigenvalue weighted by molar-refractivity contribution is 9.10. The van der Waals surface area contributed by atoms with Crippen LogP contribution in [-0.4, -0.2) is 11.9 Å². The highest BCUT2D eigenvalue weighted by atomic mass is 79.9. The maximum Gasteiger partial charge on any atom is 0.261 e. The molecule has 0 bridgehead atoms. The van der Waals surface area contributed by atoms with E-state index in [2.05, 4.69) is 28.2 Å². The smallest absolute Gasteiger partial charge is 0.261 e. The minimum absolute atomic E-state index is 0.0186. The third-order valence-electron chi connectivity index (χ3n) is 1.78. The lowest BCUT2D eigenvalue weighted by molar-refractivity contribution is 0.0943. The summed E-state index contributed by atoms with van der Waals surface area (Å²) in [6.07, 6.45) is 0.957. The molecule has 1 amide bonds. The second-order valence-electron chi connectivity index (χ2n) is 2.91. The summed E-state index contributed by atoms with van der Waals surface area (Å²) in [6, 6.07) is 2.08. The molecule has 0 spiro atoms. The van der Waals surface area contributed by atoms with E-state index >= 15 is 0 Å². The zero-order valence-electron chi connectivity index (χ0n) is 7.63. The van der Waals surface area contributed by atoms with Crippen LogP contribution in [0.4, 0.5) is 0 Å². The van der Waals surface area contributed by atoms with Gasteiger partial charge in [0.2, 0.25) is 0 Å².